The van der Waals surface area contributed by atoms with Gasteiger partial charge in [0, 0.05) is 12.6 Å². The van der Waals surface area contributed by atoms with Crippen LogP contribution in [0, 0.1) is 6.92 Å². The number of carbonyl (C=O) groups excluding carboxylic acids is 1. The van der Waals surface area contributed by atoms with Crippen LogP contribution in [0.5, 0.6) is 5.75 Å². The number of benzene rings is 1. The number of aromatic hydroxyl groups is 1. The van der Waals surface area contributed by atoms with Crippen LogP contribution in [0.4, 0.5) is 0 Å². The van der Waals surface area contributed by atoms with E-state index in [1.807, 2.05) is 6.92 Å². The molecule has 0 radical (unpaired) electrons. The van der Waals surface area contributed by atoms with Crippen molar-refractivity contribution in [3.05, 3.63) is 42.0 Å². The van der Waals surface area contributed by atoms with Gasteiger partial charge in [0.25, 0.3) is 5.91 Å². The summed E-state index contributed by atoms with van der Waals surface area (Å²) in [6, 6.07) is 5.42. The number of hydrogen-bond donors (Lipinski definition) is 1. The van der Waals surface area contributed by atoms with Crippen molar-refractivity contribution >= 4 is 5.91 Å². The highest BCUT2D eigenvalue weighted by Crippen LogP contribution is 2.30. The maximum atomic E-state index is 12.3. The van der Waals surface area contributed by atoms with Gasteiger partial charge in [0.15, 0.2) is 0 Å². The number of phenols is 1. The lowest BCUT2D eigenvalue weighted by atomic mass is 10.1. The summed E-state index contributed by atoms with van der Waals surface area (Å²) in [6.45, 7) is 6.12. The van der Waals surface area contributed by atoms with Crippen LogP contribution < -0.4 is 0 Å². The van der Waals surface area contributed by atoms with E-state index in [9.17, 15) is 9.90 Å². The number of rotatable bonds is 4. The van der Waals surface area contributed by atoms with Crippen LogP contribution in [0.2, 0.25) is 0 Å². The van der Waals surface area contributed by atoms with Gasteiger partial charge in [-0.15, -0.1) is 6.58 Å². The number of hydrogen-bond acceptors (Lipinski definition) is 2. The van der Waals surface area contributed by atoms with Crippen molar-refractivity contribution < 1.29 is 9.90 Å². The molecule has 3 nitrogen and oxygen atoms in total. The minimum atomic E-state index is -0.103. The fourth-order valence-electron chi connectivity index (χ4n) is 1.90. The lowest BCUT2D eigenvalue weighted by Gasteiger charge is -2.21. The predicted molar refractivity (Wildman–Crippen MR) is 67.1 cm³/mol. The monoisotopic (exact) mass is 231 g/mol. The SMILES string of the molecule is C=CCN(C(=O)c1cc(C)ccc1O)C1CC1. The maximum Gasteiger partial charge on any atom is 0.258 e. The smallest absolute Gasteiger partial charge is 0.258 e. The lowest BCUT2D eigenvalue weighted by molar-refractivity contribution is 0.0759. The molecular formula is C14H17NO2. The molecule has 17 heavy (non-hydrogen) atoms. The van der Waals surface area contributed by atoms with Gasteiger partial charge >= 0.3 is 0 Å². The van der Waals surface area contributed by atoms with Crippen molar-refractivity contribution in [3.63, 3.8) is 0 Å². The predicted octanol–water partition coefficient (Wildman–Crippen LogP) is 2.49. The van der Waals surface area contributed by atoms with Crippen molar-refractivity contribution in [1.29, 1.82) is 0 Å². The Kier molecular flexibility index (Phi) is 3.18. The van der Waals surface area contributed by atoms with Crippen LogP contribution in [0.1, 0.15) is 28.8 Å². The Balaban J connectivity index is 2.27. The summed E-state index contributed by atoms with van der Waals surface area (Å²) in [5, 5.41) is 9.75. The molecule has 0 atom stereocenters. The molecule has 3 heteroatoms. The summed E-state index contributed by atoms with van der Waals surface area (Å²) < 4.78 is 0. The molecule has 0 bridgehead atoms. The number of aryl methyl sites for hydroxylation is 1. The van der Waals surface area contributed by atoms with E-state index in [2.05, 4.69) is 6.58 Å². The van der Waals surface area contributed by atoms with Gasteiger partial charge in [-0.1, -0.05) is 17.7 Å². The van der Waals surface area contributed by atoms with E-state index in [0.717, 1.165) is 18.4 Å². The van der Waals surface area contributed by atoms with Crippen LogP contribution >= 0.6 is 0 Å². The van der Waals surface area contributed by atoms with Gasteiger partial charge in [0.1, 0.15) is 5.75 Å². The van der Waals surface area contributed by atoms with Gasteiger partial charge in [-0.2, -0.15) is 0 Å². The summed E-state index contributed by atoms with van der Waals surface area (Å²) in [6.07, 6.45) is 3.82. The second-order valence-electron chi connectivity index (χ2n) is 4.50. The summed E-state index contributed by atoms with van der Waals surface area (Å²) in [4.78, 5) is 14.1. The molecule has 1 aliphatic rings. The molecule has 1 N–H and O–H groups in total. The van der Waals surface area contributed by atoms with Gasteiger partial charge in [0.2, 0.25) is 0 Å². The number of phenolic OH excluding ortho intramolecular Hbond substituents is 1. The van der Waals surface area contributed by atoms with Gasteiger partial charge in [-0.05, 0) is 31.9 Å². The largest absolute Gasteiger partial charge is 0.507 e. The Morgan fingerprint density at radius 2 is 2.29 bits per heavy atom. The number of carbonyl (C=O) groups is 1. The van der Waals surface area contributed by atoms with Gasteiger partial charge in [-0.25, -0.2) is 0 Å². The zero-order valence-electron chi connectivity index (χ0n) is 10.0. The third-order valence-corrected chi connectivity index (χ3v) is 2.96. The summed E-state index contributed by atoms with van der Waals surface area (Å²) in [5.74, 6) is -0.0519. The summed E-state index contributed by atoms with van der Waals surface area (Å²) in [5.41, 5.74) is 1.36. The van der Waals surface area contributed by atoms with Crippen LogP contribution in [-0.2, 0) is 0 Å². The van der Waals surface area contributed by atoms with E-state index in [4.69, 9.17) is 0 Å². The third kappa shape index (κ3) is 2.49. The van der Waals surface area contributed by atoms with Crippen LogP contribution in [0.15, 0.2) is 30.9 Å². The summed E-state index contributed by atoms with van der Waals surface area (Å²) >= 11 is 0. The molecule has 0 aromatic heterocycles. The van der Waals surface area contributed by atoms with Gasteiger partial charge in [-0.3, -0.25) is 4.79 Å². The highest BCUT2D eigenvalue weighted by molar-refractivity contribution is 5.97. The van der Waals surface area contributed by atoms with Gasteiger partial charge < -0.3 is 10.0 Å². The van der Waals surface area contributed by atoms with Crippen molar-refractivity contribution in [2.24, 2.45) is 0 Å². The fraction of sp³-hybridized carbons (Fsp3) is 0.357. The first-order valence-corrected chi connectivity index (χ1v) is 5.85. The van der Waals surface area contributed by atoms with Crippen molar-refractivity contribution in [3.8, 4) is 5.75 Å². The zero-order chi connectivity index (χ0) is 12.4. The molecule has 0 saturated heterocycles. The van der Waals surface area contributed by atoms with E-state index in [1.54, 1.807) is 29.2 Å². The van der Waals surface area contributed by atoms with Crippen molar-refractivity contribution in [1.82, 2.24) is 4.90 Å². The molecule has 0 unspecified atom stereocenters. The zero-order valence-corrected chi connectivity index (χ0v) is 10.0. The molecule has 1 aliphatic carbocycles. The average Bonchev–Trinajstić information content (AvgIpc) is 3.12. The Morgan fingerprint density at radius 3 is 2.88 bits per heavy atom. The first-order valence-electron chi connectivity index (χ1n) is 5.85. The molecule has 0 spiro atoms. The molecule has 0 aliphatic heterocycles. The van der Waals surface area contributed by atoms with E-state index < -0.39 is 0 Å². The highest BCUT2D eigenvalue weighted by Gasteiger charge is 2.33. The maximum absolute atomic E-state index is 12.3. The van der Waals surface area contributed by atoms with Crippen LogP contribution in [-0.4, -0.2) is 28.5 Å². The normalized spacial score (nSPS) is 14.4. The van der Waals surface area contributed by atoms with Gasteiger partial charge in [0.05, 0.1) is 5.56 Å². The van der Waals surface area contributed by atoms with Crippen LogP contribution in [0.3, 0.4) is 0 Å². The molecule has 1 fully saturated rings. The molecular weight excluding hydrogens is 214 g/mol. The molecule has 1 aromatic carbocycles. The highest BCUT2D eigenvalue weighted by atomic mass is 16.3. The van der Waals surface area contributed by atoms with Crippen molar-refractivity contribution in [2.45, 2.75) is 25.8 Å². The lowest BCUT2D eigenvalue weighted by Crippen LogP contribution is -2.33. The van der Waals surface area contributed by atoms with E-state index >= 15 is 0 Å². The average molecular weight is 231 g/mol. The molecule has 1 saturated carbocycles. The minimum Gasteiger partial charge on any atom is -0.507 e. The Morgan fingerprint density at radius 1 is 1.59 bits per heavy atom. The first kappa shape index (κ1) is 11.7. The summed E-state index contributed by atoms with van der Waals surface area (Å²) in [7, 11) is 0. The van der Waals surface area contributed by atoms with E-state index in [-0.39, 0.29) is 11.7 Å². The molecule has 90 valence electrons. The first-order chi connectivity index (χ1) is 8.13. The quantitative estimate of drug-likeness (QED) is 0.809. The standard InChI is InChI=1S/C14H17NO2/c1-3-8-15(11-5-6-11)14(17)12-9-10(2)4-7-13(12)16/h3-4,7,9,11,16H,1,5-6,8H2,2H3. The fourth-order valence-corrected chi connectivity index (χ4v) is 1.90. The topological polar surface area (TPSA) is 40.5 Å². The Hall–Kier alpha value is -1.77. The second kappa shape index (κ2) is 4.62. The van der Waals surface area contributed by atoms with E-state index in [1.165, 1.54) is 0 Å². The van der Waals surface area contributed by atoms with Crippen LogP contribution in [0.25, 0.3) is 0 Å². The molecule has 1 amide bonds. The number of amides is 1. The Labute approximate surface area is 101 Å². The molecule has 0 heterocycles. The molecule has 2 rings (SSSR count). The molecule has 1 aromatic rings. The van der Waals surface area contributed by atoms with E-state index in [0.29, 0.717) is 18.2 Å². The second-order valence-corrected chi connectivity index (χ2v) is 4.50. The number of nitrogens with zero attached hydrogens (tertiary/aromatic N) is 1. The Bertz CT molecular complexity index is 450. The third-order valence-electron chi connectivity index (χ3n) is 2.96. The minimum absolute atomic E-state index is 0.0512. The van der Waals surface area contributed by atoms with Crippen molar-refractivity contribution in [2.75, 3.05) is 6.54 Å².